The molecule has 2 heterocycles. The summed E-state index contributed by atoms with van der Waals surface area (Å²) in [5.41, 5.74) is 1.99. The standard InChI is InChI=1S/C23H26FN3O4S/c1-15-12-18-13-21(6-7-22(18)27(15)16(2)28)32(30,31)26-10-8-17(9-11-26)23(29)25-20-5-3-4-19(24)14-20/h3-7,13-15,17H,8-12H2,1-2H3,(H,25,29)/t15-/m0/s1. The Morgan fingerprint density at radius 3 is 2.47 bits per heavy atom. The van der Waals surface area contributed by atoms with Crippen LogP contribution in [0.25, 0.3) is 0 Å². The van der Waals surface area contributed by atoms with Crippen LogP contribution in [-0.4, -0.2) is 43.7 Å². The van der Waals surface area contributed by atoms with Crippen LogP contribution in [0, 0.1) is 11.7 Å². The van der Waals surface area contributed by atoms with Crippen LogP contribution in [0.2, 0.25) is 0 Å². The first-order valence-corrected chi connectivity index (χ1v) is 12.1. The fourth-order valence-corrected chi connectivity index (χ4v) is 6.09. The van der Waals surface area contributed by atoms with Crippen molar-refractivity contribution in [3.63, 3.8) is 0 Å². The summed E-state index contributed by atoms with van der Waals surface area (Å²) in [5, 5.41) is 2.70. The van der Waals surface area contributed by atoms with E-state index in [4.69, 9.17) is 0 Å². The van der Waals surface area contributed by atoms with Crippen LogP contribution in [0.15, 0.2) is 47.4 Å². The third-order valence-electron chi connectivity index (χ3n) is 6.16. The van der Waals surface area contributed by atoms with E-state index in [1.165, 1.54) is 29.4 Å². The van der Waals surface area contributed by atoms with E-state index in [-0.39, 0.29) is 41.8 Å². The van der Waals surface area contributed by atoms with Gasteiger partial charge in [-0.25, -0.2) is 12.8 Å². The molecule has 1 atom stereocenters. The molecule has 0 saturated carbocycles. The summed E-state index contributed by atoms with van der Waals surface area (Å²) in [7, 11) is -3.70. The van der Waals surface area contributed by atoms with Crippen molar-refractivity contribution in [2.75, 3.05) is 23.3 Å². The van der Waals surface area contributed by atoms with E-state index >= 15 is 0 Å². The van der Waals surface area contributed by atoms with E-state index in [1.54, 1.807) is 29.2 Å². The zero-order valence-corrected chi connectivity index (χ0v) is 18.9. The number of rotatable bonds is 4. The fourth-order valence-electron chi connectivity index (χ4n) is 4.57. The minimum absolute atomic E-state index is 0.00667. The Morgan fingerprint density at radius 1 is 1.09 bits per heavy atom. The predicted octanol–water partition coefficient (Wildman–Crippen LogP) is 3.16. The summed E-state index contributed by atoms with van der Waals surface area (Å²) in [5.74, 6) is -1.07. The summed E-state index contributed by atoms with van der Waals surface area (Å²) in [6.45, 7) is 3.91. The molecule has 0 bridgehead atoms. The molecular weight excluding hydrogens is 433 g/mol. The van der Waals surface area contributed by atoms with Crippen LogP contribution in [-0.2, 0) is 26.0 Å². The van der Waals surface area contributed by atoms with Gasteiger partial charge in [-0.3, -0.25) is 9.59 Å². The van der Waals surface area contributed by atoms with E-state index in [9.17, 15) is 22.4 Å². The number of fused-ring (bicyclic) bond motifs is 1. The smallest absolute Gasteiger partial charge is 0.243 e. The molecule has 2 aliphatic heterocycles. The number of carbonyl (C=O) groups excluding carboxylic acids is 2. The molecule has 0 aliphatic carbocycles. The summed E-state index contributed by atoms with van der Waals surface area (Å²) < 4.78 is 41.1. The molecular formula is C23H26FN3O4S. The molecule has 1 fully saturated rings. The lowest BCUT2D eigenvalue weighted by molar-refractivity contribution is -0.121. The first kappa shape index (κ1) is 22.4. The Bertz CT molecular complexity index is 1160. The normalized spacial score (nSPS) is 19.6. The van der Waals surface area contributed by atoms with Gasteiger partial charge in [-0.05, 0) is 68.1 Å². The number of carbonyl (C=O) groups is 2. The van der Waals surface area contributed by atoms with E-state index < -0.39 is 15.8 Å². The summed E-state index contributed by atoms with van der Waals surface area (Å²) in [6.07, 6.45) is 1.39. The number of hydrogen-bond acceptors (Lipinski definition) is 4. The lowest BCUT2D eigenvalue weighted by atomic mass is 9.97. The van der Waals surface area contributed by atoms with Gasteiger partial charge >= 0.3 is 0 Å². The van der Waals surface area contributed by atoms with Gasteiger partial charge in [-0.1, -0.05) is 6.07 Å². The highest BCUT2D eigenvalue weighted by atomic mass is 32.2. The maximum absolute atomic E-state index is 13.3. The maximum Gasteiger partial charge on any atom is 0.243 e. The Hall–Kier alpha value is -2.78. The molecule has 1 N–H and O–H groups in total. The van der Waals surface area contributed by atoms with Gasteiger partial charge in [-0.2, -0.15) is 4.31 Å². The summed E-state index contributed by atoms with van der Waals surface area (Å²) in [6, 6.07) is 10.6. The molecule has 0 radical (unpaired) electrons. The van der Waals surface area contributed by atoms with Crippen molar-refractivity contribution in [2.24, 2.45) is 5.92 Å². The van der Waals surface area contributed by atoms with Gasteiger partial charge < -0.3 is 10.2 Å². The van der Waals surface area contributed by atoms with Gasteiger partial charge in [0.1, 0.15) is 5.82 Å². The van der Waals surface area contributed by atoms with Gasteiger partial charge in [-0.15, -0.1) is 0 Å². The molecule has 2 aliphatic rings. The largest absolute Gasteiger partial charge is 0.326 e. The average Bonchev–Trinajstić information content (AvgIpc) is 3.09. The van der Waals surface area contributed by atoms with Crippen LogP contribution >= 0.6 is 0 Å². The SMILES string of the molecule is CC(=O)N1c2ccc(S(=O)(=O)N3CCC(C(=O)Nc4cccc(F)c4)CC3)cc2C[C@@H]1C. The Kier molecular flexibility index (Phi) is 6.05. The van der Waals surface area contributed by atoms with Gasteiger partial charge in [0, 0.05) is 43.3 Å². The number of nitrogens with one attached hydrogen (secondary N) is 1. The second kappa shape index (κ2) is 8.63. The highest BCUT2D eigenvalue weighted by Crippen LogP contribution is 2.35. The number of sulfonamides is 1. The fraction of sp³-hybridized carbons (Fsp3) is 0.391. The van der Waals surface area contributed by atoms with Gasteiger partial charge in [0.15, 0.2) is 0 Å². The predicted molar refractivity (Wildman–Crippen MR) is 119 cm³/mol. The van der Waals surface area contributed by atoms with Gasteiger partial charge in [0.05, 0.1) is 4.90 Å². The van der Waals surface area contributed by atoms with Crippen molar-refractivity contribution in [1.82, 2.24) is 4.31 Å². The second-order valence-corrected chi connectivity index (χ2v) is 10.3. The molecule has 0 aromatic heterocycles. The lowest BCUT2D eigenvalue weighted by Gasteiger charge is -2.30. The van der Waals surface area contributed by atoms with Crippen molar-refractivity contribution in [3.05, 3.63) is 53.8 Å². The molecule has 170 valence electrons. The van der Waals surface area contributed by atoms with E-state index in [2.05, 4.69) is 5.32 Å². The molecule has 7 nitrogen and oxygen atoms in total. The Morgan fingerprint density at radius 2 is 1.81 bits per heavy atom. The molecule has 0 unspecified atom stereocenters. The van der Waals surface area contributed by atoms with E-state index in [1.807, 2.05) is 6.92 Å². The number of piperidine rings is 1. The molecule has 2 amide bonds. The number of benzene rings is 2. The third kappa shape index (κ3) is 4.27. The topological polar surface area (TPSA) is 86.8 Å². The number of amides is 2. The number of nitrogens with zero attached hydrogens (tertiary/aromatic N) is 2. The van der Waals surface area contributed by atoms with Crippen LogP contribution in [0.1, 0.15) is 32.3 Å². The third-order valence-corrected chi connectivity index (χ3v) is 8.06. The highest BCUT2D eigenvalue weighted by molar-refractivity contribution is 7.89. The first-order chi connectivity index (χ1) is 15.2. The molecule has 2 aromatic carbocycles. The van der Waals surface area contributed by atoms with Gasteiger partial charge in [0.2, 0.25) is 21.8 Å². The zero-order chi connectivity index (χ0) is 23.0. The van der Waals surface area contributed by atoms with Crippen molar-refractivity contribution < 1.29 is 22.4 Å². The van der Waals surface area contributed by atoms with Crippen LogP contribution in [0.4, 0.5) is 15.8 Å². The van der Waals surface area contributed by atoms with Crippen molar-refractivity contribution in [1.29, 1.82) is 0 Å². The maximum atomic E-state index is 13.3. The van der Waals surface area contributed by atoms with Gasteiger partial charge in [0.25, 0.3) is 0 Å². The zero-order valence-electron chi connectivity index (χ0n) is 18.0. The first-order valence-electron chi connectivity index (χ1n) is 10.7. The average molecular weight is 460 g/mol. The quantitative estimate of drug-likeness (QED) is 0.761. The molecule has 0 spiro atoms. The second-order valence-electron chi connectivity index (χ2n) is 8.41. The molecule has 2 aromatic rings. The minimum atomic E-state index is -3.70. The van der Waals surface area contributed by atoms with Crippen LogP contribution in [0.3, 0.4) is 0 Å². The Balaban J connectivity index is 1.43. The lowest BCUT2D eigenvalue weighted by Crippen LogP contribution is -2.41. The highest BCUT2D eigenvalue weighted by Gasteiger charge is 2.34. The molecule has 32 heavy (non-hydrogen) atoms. The van der Waals surface area contributed by atoms with Crippen LogP contribution in [0.5, 0.6) is 0 Å². The van der Waals surface area contributed by atoms with Crippen LogP contribution < -0.4 is 10.2 Å². The molecule has 9 heteroatoms. The minimum Gasteiger partial charge on any atom is -0.326 e. The Labute approximate surface area is 187 Å². The van der Waals surface area contributed by atoms with Crippen molar-refractivity contribution >= 4 is 33.2 Å². The number of anilines is 2. The summed E-state index contributed by atoms with van der Waals surface area (Å²) >= 11 is 0. The number of halogens is 1. The van der Waals surface area contributed by atoms with Crippen molar-refractivity contribution in [2.45, 2.75) is 44.0 Å². The molecule has 4 rings (SSSR count). The van der Waals surface area contributed by atoms with Crippen molar-refractivity contribution in [3.8, 4) is 0 Å². The number of hydrogen-bond donors (Lipinski definition) is 1. The molecule has 1 saturated heterocycles. The summed E-state index contributed by atoms with van der Waals surface area (Å²) in [4.78, 5) is 26.3. The monoisotopic (exact) mass is 459 g/mol. The van der Waals surface area contributed by atoms with E-state index in [0.717, 1.165) is 11.3 Å². The van der Waals surface area contributed by atoms with E-state index in [0.29, 0.717) is 24.9 Å².